The maximum absolute atomic E-state index is 13.6. The lowest BCUT2D eigenvalue weighted by atomic mass is 10.0. The van der Waals surface area contributed by atoms with Crippen molar-refractivity contribution in [2.24, 2.45) is 5.14 Å². The van der Waals surface area contributed by atoms with Gasteiger partial charge in [-0.3, -0.25) is 4.79 Å². The standard InChI is InChI=1S/C23H27ClN4O3S/c1-26-13-15-27(16-14-26)23(29)21(10-9-17-5-2-3-6-19(17)24)28-12-11-18-20(28)7-4-8-22(18)32(25,30)31/h2-8,11-12,21H,9-10,13-16H2,1H3,(H2,25,30,31). The van der Waals surface area contributed by atoms with Gasteiger partial charge in [-0.05, 0) is 49.7 Å². The maximum atomic E-state index is 13.6. The molecule has 3 aromatic rings. The van der Waals surface area contributed by atoms with Crippen LogP contribution in [0.2, 0.25) is 5.02 Å². The molecule has 0 bridgehead atoms. The molecule has 1 atom stereocenters. The first-order valence-corrected chi connectivity index (χ1v) is 12.5. The van der Waals surface area contributed by atoms with E-state index < -0.39 is 16.1 Å². The van der Waals surface area contributed by atoms with Crippen LogP contribution >= 0.6 is 11.6 Å². The van der Waals surface area contributed by atoms with Gasteiger partial charge in [-0.1, -0.05) is 35.9 Å². The number of nitrogens with zero attached hydrogens (tertiary/aromatic N) is 3. The monoisotopic (exact) mass is 474 g/mol. The van der Waals surface area contributed by atoms with E-state index in [4.69, 9.17) is 16.7 Å². The fourth-order valence-electron chi connectivity index (χ4n) is 4.29. The Morgan fingerprint density at radius 2 is 1.78 bits per heavy atom. The number of piperazine rings is 1. The number of benzene rings is 2. The van der Waals surface area contributed by atoms with E-state index in [9.17, 15) is 13.2 Å². The zero-order valence-electron chi connectivity index (χ0n) is 17.9. The summed E-state index contributed by atoms with van der Waals surface area (Å²) in [6.07, 6.45) is 2.95. The molecule has 0 aliphatic carbocycles. The van der Waals surface area contributed by atoms with Gasteiger partial charge in [0.2, 0.25) is 15.9 Å². The molecule has 170 valence electrons. The van der Waals surface area contributed by atoms with Gasteiger partial charge in [-0.2, -0.15) is 0 Å². The zero-order valence-corrected chi connectivity index (χ0v) is 19.5. The molecule has 0 radical (unpaired) electrons. The van der Waals surface area contributed by atoms with Gasteiger partial charge in [0.15, 0.2) is 0 Å². The number of sulfonamides is 1. The molecule has 1 amide bonds. The van der Waals surface area contributed by atoms with Gasteiger partial charge in [0.1, 0.15) is 6.04 Å². The third-order valence-electron chi connectivity index (χ3n) is 6.11. The highest BCUT2D eigenvalue weighted by Gasteiger charge is 2.29. The fraction of sp³-hybridized carbons (Fsp3) is 0.348. The van der Waals surface area contributed by atoms with Crippen molar-refractivity contribution in [3.05, 3.63) is 65.3 Å². The summed E-state index contributed by atoms with van der Waals surface area (Å²) in [4.78, 5) is 17.8. The summed E-state index contributed by atoms with van der Waals surface area (Å²) < 4.78 is 26.0. The fourth-order valence-corrected chi connectivity index (χ4v) is 5.27. The number of aryl methyl sites for hydroxylation is 1. The topological polar surface area (TPSA) is 88.6 Å². The van der Waals surface area contributed by atoms with E-state index in [1.807, 2.05) is 46.8 Å². The van der Waals surface area contributed by atoms with Crippen molar-refractivity contribution in [2.75, 3.05) is 33.2 Å². The number of carbonyl (C=O) groups is 1. The van der Waals surface area contributed by atoms with Crippen LogP contribution in [0.25, 0.3) is 10.9 Å². The van der Waals surface area contributed by atoms with Crippen molar-refractivity contribution in [1.29, 1.82) is 0 Å². The molecule has 2 aromatic carbocycles. The minimum atomic E-state index is -3.88. The number of rotatable bonds is 6. The van der Waals surface area contributed by atoms with Gasteiger partial charge in [0.25, 0.3) is 0 Å². The quantitative estimate of drug-likeness (QED) is 0.595. The van der Waals surface area contributed by atoms with Crippen LogP contribution in [0.5, 0.6) is 0 Å². The average Bonchev–Trinajstić information content (AvgIpc) is 3.19. The molecule has 1 aromatic heterocycles. The highest BCUT2D eigenvalue weighted by atomic mass is 35.5. The summed E-state index contributed by atoms with van der Waals surface area (Å²) >= 11 is 6.35. The Bertz CT molecular complexity index is 1230. The number of carbonyl (C=O) groups excluding carboxylic acids is 1. The Balaban J connectivity index is 1.72. The molecule has 0 saturated carbocycles. The van der Waals surface area contributed by atoms with Crippen LogP contribution in [0.3, 0.4) is 0 Å². The number of fused-ring (bicyclic) bond motifs is 1. The van der Waals surface area contributed by atoms with Crippen molar-refractivity contribution in [1.82, 2.24) is 14.4 Å². The minimum Gasteiger partial charge on any atom is -0.338 e. The Morgan fingerprint density at radius 1 is 1.06 bits per heavy atom. The van der Waals surface area contributed by atoms with Gasteiger partial charge in [0.05, 0.1) is 10.4 Å². The number of likely N-dealkylation sites (N-methyl/N-ethyl adjacent to an activating group) is 1. The SMILES string of the molecule is CN1CCN(C(=O)C(CCc2ccccc2Cl)n2ccc3c(S(N)(=O)=O)cccc32)CC1. The Labute approximate surface area is 193 Å². The predicted molar refractivity (Wildman–Crippen MR) is 126 cm³/mol. The highest BCUT2D eigenvalue weighted by Crippen LogP contribution is 2.30. The van der Waals surface area contributed by atoms with Crippen LogP contribution in [-0.4, -0.2) is 61.9 Å². The summed E-state index contributed by atoms with van der Waals surface area (Å²) in [7, 11) is -1.83. The van der Waals surface area contributed by atoms with Crippen molar-refractivity contribution < 1.29 is 13.2 Å². The van der Waals surface area contributed by atoms with Crippen LogP contribution in [0.15, 0.2) is 59.6 Å². The largest absolute Gasteiger partial charge is 0.338 e. The predicted octanol–water partition coefficient (Wildman–Crippen LogP) is 2.89. The van der Waals surface area contributed by atoms with E-state index in [1.54, 1.807) is 18.3 Å². The van der Waals surface area contributed by atoms with E-state index in [0.29, 0.717) is 41.9 Å². The van der Waals surface area contributed by atoms with E-state index in [0.717, 1.165) is 18.7 Å². The lowest BCUT2D eigenvalue weighted by molar-refractivity contribution is -0.136. The number of hydrogen-bond donors (Lipinski definition) is 1. The first-order chi connectivity index (χ1) is 15.3. The lowest BCUT2D eigenvalue weighted by Gasteiger charge is -2.35. The first-order valence-electron chi connectivity index (χ1n) is 10.6. The second-order valence-corrected chi connectivity index (χ2v) is 10.2. The number of nitrogens with two attached hydrogens (primary N) is 1. The normalized spacial score (nSPS) is 16.4. The lowest BCUT2D eigenvalue weighted by Crippen LogP contribution is -2.49. The number of primary sulfonamides is 1. The van der Waals surface area contributed by atoms with E-state index >= 15 is 0 Å². The van der Waals surface area contributed by atoms with Crippen LogP contribution in [0.4, 0.5) is 0 Å². The minimum absolute atomic E-state index is 0.0312. The highest BCUT2D eigenvalue weighted by molar-refractivity contribution is 7.89. The van der Waals surface area contributed by atoms with Crippen molar-refractivity contribution >= 4 is 38.4 Å². The van der Waals surface area contributed by atoms with Crippen LogP contribution in [0, 0.1) is 0 Å². The molecule has 0 spiro atoms. The molecule has 7 nitrogen and oxygen atoms in total. The molecule has 2 heterocycles. The summed E-state index contributed by atoms with van der Waals surface area (Å²) in [6.45, 7) is 2.98. The molecule has 1 aliphatic heterocycles. The molecular formula is C23H27ClN4O3S. The number of hydrogen-bond acceptors (Lipinski definition) is 4. The Morgan fingerprint density at radius 3 is 2.47 bits per heavy atom. The molecule has 4 rings (SSSR count). The van der Waals surface area contributed by atoms with Gasteiger partial charge in [-0.25, -0.2) is 13.6 Å². The molecule has 2 N–H and O–H groups in total. The molecule has 1 saturated heterocycles. The maximum Gasteiger partial charge on any atom is 0.245 e. The second-order valence-electron chi connectivity index (χ2n) is 8.23. The number of amides is 1. The second kappa shape index (κ2) is 9.23. The van der Waals surface area contributed by atoms with Crippen molar-refractivity contribution in [3.8, 4) is 0 Å². The molecule has 9 heteroatoms. The Kier molecular flexibility index (Phi) is 6.57. The van der Waals surface area contributed by atoms with Gasteiger partial charge in [0, 0.05) is 42.8 Å². The van der Waals surface area contributed by atoms with Gasteiger partial charge < -0.3 is 14.4 Å². The molecule has 1 unspecified atom stereocenters. The number of halogens is 1. The van der Waals surface area contributed by atoms with Crippen molar-refractivity contribution in [2.45, 2.75) is 23.8 Å². The molecule has 1 aliphatic rings. The van der Waals surface area contributed by atoms with E-state index in [2.05, 4.69) is 4.90 Å². The molecular weight excluding hydrogens is 448 g/mol. The summed E-state index contributed by atoms with van der Waals surface area (Å²) in [5, 5.41) is 6.61. The molecule has 1 fully saturated rings. The zero-order chi connectivity index (χ0) is 22.9. The van der Waals surface area contributed by atoms with Crippen LogP contribution in [0.1, 0.15) is 18.0 Å². The average molecular weight is 475 g/mol. The van der Waals surface area contributed by atoms with Crippen LogP contribution < -0.4 is 5.14 Å². The third-order valence-corrected chi connectivity index (χ3v) is 7.45. The summed E-state index contributed by atoms with van der Waals surface area (Å²) in [5.41, 5.74) is 1.65. The van der Waals surface area contributed by atoms with E-state index in [-0.39, 0.29) is 10.8 Å². The van der Waals surface area contributed by atoms with Gasteiger partial charge in [-0.15, -0.1) is 0 Å². The van der Waals surface area contributed by atoms with E-state index in [1.165, 1.54) is 6.07 Å². The third kappa shape index (κ3) is 4.68. The molecule has 32 heavy (non-hydrogen) atoms. The van der Waals surface area contributed by atoms with Crippen molar-refractivity contribution in [3.63, 3.8) is 0 Å². The van der Waals surface area contributed by atoms with Gasteiger partial charge >= 0.3 is 0 Å². The summed E-state index contributed by atoms with van der Waals surface area (Å²) in [5.74, 6) is 0.0312. The number of aromatic nitrogens is 1. The smallest absolute Gasteiger partial charge is 0.245 e. The van der Waals surface area contributed by atoms with Crippen LogP contribution in [-0.2, 0) is 21.2 Å². The Hall–Kier alpha value is -2.39. The first kappa shape index (κ1) is 22.8. The summed E-state index contributed by atoms with van der Waals surface area (Å²) in [6, 6.07) is 13.8.